The van der Waals surface area contributed by atoms with Gasteiger partial charge in [0.25, 0.3) is 0 Å². The van der Waals surface area contributed by atoms with Gasteiger partial charge in [-0.25, -0.2) is 0 Å². The largest absolute Gasteiger partial charge is 0.391 e. The zero-order valence-corrected chi connectivity index (χ0v) is 11.5. The van der Waals surface area contributed by atoms with Gasteiger partial charge in [-0.2, -0.15) is 0 Å². The van der Waals surface area contributed by atoms with Crippen LogP contribution in [-0.2, 0) is 0 Å². The first-order valence-corrected chi connectivity index (χ1v) is 7.67. The van der Waals surface area contributed by atoms with E-state index in [4.69, 9.17) is 0 Å². The second-order valence-corrected chi connectivity index (χ2v) is 5.98. The Morgan fingerprint density at radius 3 is 2.53 bits per heavy atom. The van der Waals surface area contributed by atoms with Gasteiger partial charge >= 0.3 is 0 Å². The molecular weight excluding hydrogens is 236 g/mol. The van der Waals surface area contributed by atoms with Gasteiger partial charge in [-0.1, -0.05) is 18.9 Å². The highest BCUT2D eigenvalue weighted by Crippen LogP contribution is 2.31. The fourth-order valence-electron chi connectivity index (χ4n) is 3.66. The number of likely N-dealkylation sites (tertiary alicyclic amines) is 1. The molecule has 0 amide bonds. The molecule has 3 heteroatoms. The maximum absolute atomic E-state index is 10.2. The second kappa shape index (κ2) is 6.02. The lowest BCUT2D eigenvalue weighted by Crippen LogP contribution is -2.48. The molecule has 3 rings (SSSR count). The predicted octanol–water partition coefficient (Wildman–Crippen LogP) is 2.56. The highest BCUT2D eigenvalue weighted by atomic mass is 16.3. The molecule has 1 saturated heterocycles. The Balaban J connectivity index is 1.57. The van der Waals surface area contributed by atoms with Crippen LogP contribution in [0.5, 0.6) is 0 Å². The van der Waals surface area contributed by atoms with E-state index in [-0.39, 0.29) is 6.10 Å². The first kappa shape index (κ1) is 13.1. The molecule has 2 aliphatic rings. The quantitative estimate of drug-likeness (QED) is 0.888. The van der Waals surface area contributed by atoms with E-state index in [2.05, 4.69) is 22.0 Å². The number of hydrogen-bond donors (Lipinski definition) is 1. The fourth-order valence-corrected chi connectivity index (χ4v) is 3.66. The summed E-state index contributed by atoms with van der Waals surface area (Å²) in [4.78, 5) is 7.00. The molecule has 0 spiro atoms. The lowest BCUT2D eigenvalue weighted by molar-refractivity contribution is 0.00853. The van der Waals surface area contributed by atoms with Crippen LogP contribution in [0.15, 0.2) is 24.4 Å². The lowest BCUT2D eigenvalue weighted by atomic mass is 9.87. The molecule has 2 heterocycles. The molecule has 0 radical (unpaired) electrons. The minimum absolute atomic E-state index is 0.0971. The molecule has 1 saturated carbocycles. The smallest absolute Gasteiger partial charge is 0.0695 e. The average molecular weight is 260 g/mol. The Labute approximate surface area is 115 Å². The first-order valence-electron chi connectivity index (χ1n) is 7.67. The van der Waals surface area contributed by atoms with Gasteiger partial charge in [-0.3, -0.25) is 9.88 Å². The zero-order valence-electron chi connectivity index (χ0n) is 11.5. The van der Waals surface area contributed by atoms with Crippen LogP contribution in [0.4, 0.5) is 0 Å². The Kier molecular flexibility index (Phi) is 4.14. The van der Waals surface area contributed by atoms with Crippen molar-refractivity contribution in [3.05, 3.63) is 30.1 Å². The van der Waals surface area contributed by atoms with Crippen molar-refractivity contribution in [1.29, 1.82) is 0 Å². The van der Waals surface area contributed by atoms with Crippen molar-refractivity contribution in [3.63, 3.8) is 0 Å². The van der Waals surface area contributed by atoms with E-state index in [0.29, 0.717) is 12.0 Å². The maximum atomic E-state index is 10.2. The van der Waals surface area contributed by atoms with Crippen LogP contribution in [0.25, 0.3) is 0 Å². The number of hydrogen-bond acceptors (Lipinski definition) is 3. The number of pyridine rings is 1. The summed E-state index contributed by atoms with van der Waals surface area (Å²) < 4.78 is 0. The summed E-state index contributed by atoms with van der Waals surface area (Å²) in [5, 5.41) is 10.2. The maximum Gasteiger partial charge on any atom is 0.0695 e. The molecular formula is C16H24N2O. The van der Waals surface area contributed by atoms with Gasteiger partial charge in [-0.05, 0) is 50.9 Å². The molecule has 104 valence electrons. The van der Waals surface area contributed by atoms with Crippen LogP contribution in [0.3, 0.4) is 0 Å². The molecule has 1 aliphatic heterocycles. The van der Waals surface area contributed by atoms with Crippen molar-refractivity contribution in [1.82, 2.24) is 9.88 Å². The fraction of sp³-hybridized carbons (Fsp3) is 0.688. The van der Waals surface area contributed by atoms with Crippen molar-refractivity contribution in [2.75, 3.05) is 13.1 Å². The molecule has 0 unspecified atom stereocenters. The number of aliphatic hydroxyl groups excluding tert-OH is 1. The summed E-state index contributed by atoms with van der Waals surface area (Å²) in [6.45, 7) is 2.23. The molecule has 2 fully saturated rings. The van der Waals surface area contributed by atoms with Crippen molar-refractivity contribution in [3.8, 4) is 0 Å². The Morgan fingerprint density at radius 2 is 1.84 bits per heavy atom. The minimum Gasteiger partial charge on any atom is -0.391 e. The van der Waals surface area contributed by atoms with Crippen molar-refractivity contribution >= 4 is 0 Å². The molecule has 1 aliphatic carbocycles. The third kappa shape index (κ3) is 2.98. The minimum atomic E-state index is -0.0971. The number of rotatable bonds is 2. The standard InChI is InChI=1S/C16H24N2O/c19-16-7-2-1-6-15(16)18-11-8-13(9-12-18)14-5-3-4-10-17-14/h3-5,10,13,15-16,19H,1-2,6-9,11-12H2/t15-,16-/m0/s1. The first-order chi connectivity index (χ1) is 9.34. The van der Waals surface area contributed by atoms with Gasteiger partial charge in [-0.15, -0.1) is 0 Å². The monoisotopic (exact) mass is 260 g/mol. The van der Waals surface area contributed by atoms with Gasteiger partial charge < -0.3 is 5.11 Å². The number of nitrogens with zero attached hydrogens (tertiary/aromatic N) is 2. The summed E-state index contributed by atoms with van der Waals surface area (Å²) in [5.74, 6) is 0.609. The summed E-state index contributed by atoms with van der Waals surface area (Å²) in [7, 11) is 0. The number of aromatic nitrogens is 1. The van der Waals surface area contributed by atoms with E-state index in [0.717, 1.165) is 19.5 Å². The van der Waals surface area contributed by atoms with Crippen LogP contribution < -0.4 is 0 Å². The molecule has 0 bridgehead atoms. The molecule has 1 N–H and O–H groups in total. The van der Waals surface area contributed by atoms with Gasteiger partial charge in [0, 0.05) is 23.9 Å². The van der Waals surface area contributed by atoms with Crippen LogP contribution in [-0.4, -0.2) is 40.2 Å². The highest BCUT2D eigenvalue weighted by Gasteiger charge is 2.31. The van der Waals surface area contributed by atoms with Crippen LogP contribution in [0, 0.1) is 0 Å². The normalized spacial score (nSPS) is 30.4. The second-order valence-electron chi connectivity index (χ2n) is 5.98. The average Bonchev–Trinajstić information content (AvgIpc) is 2.49. The van der Waals surface area contributed by atoms with Crippen LogP contribution in [0.1, 0.15) is 50.1 Å². The van der Waals surface area contributed by atoms with Gasteiger partial charge in [0.15, 0.2) is 0 Å². The predicted molar refractivity (Wildman–Crippen MR) is 76.0 cm³/mol. The topological polar surface area (TPSA) is 36.4 Å². The Hall–Kier alpha value is -0.930. The molecule has 1 aromatic heterocycles. The molecule has 0 aromatic carbocycles. The molecule has 19 heavy (non-hydrogen) atoms. The third-order valence-electron chi connectivity index (χ3n) is 4.80. The van der Waals surface area contributed by atoms with E-state index in [1.54, 1.807) is 0 Å². The van der Waals surface area contributed by atoms with E-state index >= 15 is 0 Å². The van der Waals surface area contributed by atoms with Crippen LogP contribution in [0.2, 0.25) is 0 Å². The van der Waals surface area contributed by atoms with Gasteiger partial charge in [0.05, 0.1) is 6.10 Å². The third-order valence-corrected chi connectivity index (χ3v) is 4.80. The summed E-state index contributed by atoms with van der Waals surface area (Å²) in [6, 6.07) is 6.63. The van der Waals surface area contributed by atoms with E-state index in [1.807, 2.05) is 12.3 Å². The Bertz CT molecular complexity index is 387. The zero-order chi connectivity index (χ0) is 13.1. The van der Waals surface area contributed by atoms with Gasteiger partial charge in [0.1, 0.15) is 0 Å². The summed E-state index contributed by atoms with van der Waals surface area (Å²) in [6.07, 6.45) is 8.80. The lowest BCUT2D eigenvalue weighted by Gasteiger charge is -2.41. The number of piperidine rings is 1. The van der Waals surface area contributed by atoms with E-state index < -0.39 is 0 Å². The highest BCUT2D eigenvalue weighted by molar-refractivity contribution is 5.10. The van der Waals surface area contributed by atoms with Crippen molar-refractivity contribution in [2.24, 2.45) is 0 Å². The van der Waals surface area contributed by atoms with Crippen molar-refractivity contribution in [2.45, 2.75) is 56.6 Å². The SMILES string of the molecule is O[C@H]1CCCC[C@@H]1N1CCC(c2ccccn2)CC1. The Morgan fingerprint density at radius 1 is 1.05 bits per heavy atom. The summed E-state index contributed by atoms with van der Waals surface area (Å²) >= 11 is 0. The van der Waals surface area contributed by atoms with Crippen LogP contribution >= 0.6 is 0 Å². The van der Waals surface area contributed by atoms with E-state index in [1.165, 1.54) is 37.8 Å². The molecule has 3 nitrogen and oxygen atoms in total. The van der Waals surface area contributed by atoms with Crippen molar-refractivity contribution < 1.29 is 5.11 Å². The summed E-state index contributed by atoms with van der Waals surface area (Å²) in [5.41, 5.74) is 1.24. The molecule has 2 atom stereocenters. The number of aliphatic hydroxyl groups is 1. The molecule has 1 aromatic rings. The van der Waals surface area contributed by atoms with Gasteiger partial charge in [0.2, 0.25) is 0 Å². The van der Waals surface area contributed by atoms with E-state index in [9.17, 15) is 5.11 Å².